The number of nitrogens with one attached hydrogen (secondary N) is 1. The van der Waals surface area contributed by atoms with E-state index in [1.54, 1.807) is 48.5 Å². The van der Waals surface area contributed by atoms with E-state index in [0.717, 1.165) is 6.07 Å². The topological polar surface area (TPSA) is 86.6 Å². The third-order valence-corrected chi connectivity index (χ3v) is 5.38. The van der Waals surface area contributed by atoms with Crippen LogP contribution in [-0.4, -0.2) is 30.0 Å². The molecule has 35 heavy (non-hydrogen) atoms. The number of anilines is 1. The van der Waals surface area contributed by atoms with E-state index in [2.05, 4.69) is 5.32 Å². The summed E-state index contributed by atoms with van der Waals surface area (Å²) in [6, 6.07) is 16.9. The highest BCUT2D eigenvalue weighted by Gasteiger charge is 2.19. The van der Waals surface area contributed by atoms with Crippen molar-refractivity contribution < 1.29 is 23.5 Å². The maximum Gasteiger partial charge on any atom is 0.244 e. The normalized spacial score (nSPS) is 10.7. The van der Waals surface area contributed by atoms with Gasteiger partial charge in [0, 0.05) is 28.9 Å². The van der Waals surface area contributed by atoms with E-state index in [0.29, 0.717) is 29.3 Å². The Bertz CT molecular complexity index is 1460. The second kappa shape index (κ2) is 10.2. The van der Waals surface area contributed by atoms with E-state index in [9.17, 15) is 18.8 Å². The zero-order chi connectivity index (χ0) is 24.9. The molecular weight excluding hydrogens is 451 g/mol. The van der Waals surface area contributed by atoms with Gasteiger partial charge in [-0.2, -0.15) is 0 Å². The molecule has 1 aromatic heterocycles. The van der Waals surface area contributed by atoms with Gasteiger partial charge in [-0.05, 0) is 61.5 Å². The van der Waals surface area contributed by atoms with Crippen LogP contribution in [0, 0.1) is 5.82 Å². The summed E-state index contributed by atoms with van der Waals surface area (Å²) < 4.78 is 26.0. The van der Waals surface area contributed by atoms with Crippen molar-refractivity contribution in [2.75, 3.05) is 19.0 Å². The fraction of sp³-hybridized carbons (Fsp3) is 0.148. The lowest BCUT2D eigenvalue weighted by atomic mass is 10.0. The summed E-state index contributed by atoms with van der Waals surface area (Å²) in [5.41, 5.74) is 0.356. The Morgan fingerprint density at radius 1 is 1.00 bits per heavy atom. The standard InChI is InChI=1S/C27H23FN2O5/c1-3-35-20-10-7-17(8-11-20)26(32)23-15-30(24-12-9-18(28)13-22(24)27(23)33)16-25(31)29-19-5-4-6-21(14-19)34-2/h4-15H,3,16H2,1-2H3,(H,29,31). The van der Waals surface area contributed by atoms with Crippen LogP contribution in [0.5, 0.6) is 11.5 Å². The van der Waals surface area contributed by atoms with E-state index < -0.39 is 22.9 Å². The highest BCUT2D eigenvalue weighted by atomic mass is 19.1. The fourth-order valence-corrected chi connectivity index (χ4v) is 3.74. The second-order valence-electron chi connectivity index (χ2n) is 7.73. The molecule has 0 unspecified atom stereocenters. The lowest BCUT2D eigenvalue weighted by Crippen LogP contribution is -2.24. The van der Waals surface area contributed by atoms with Gasteiger partial charge in [0.05, 0.1) is 24.8 Å². The minimum absolute atomic E-state index is 0.0102. The molecule has 0 fully saturated rings. The van der Waals surface area contributed by atoms with Gasteiger partial charge in [-0.1, -0.05) is 6.07 Å². The van der Waals surface area contributed by atoms with Crippen molar-refractivity contribution in [3.8, 4) is 11.5 Å². The molecule has 1 amide bonds. The molecule has 0 spiro atoms. The lowest BCUT2D eigenvalue weighted by molar-refractivity contribution is -0.116. The van der Waals surface area contributed by atoms with Crippen molar-refractivity contribution in [3.05, 3.63) is 100 Å². The Morgan fingerprint density at radius 2 is 1.77 bits per heavy atom. The number of hydrogen-bond donors (Lipinski definition) is 1. The molecule has 3 aromatic carbocycles. The number of ketones is 1. The molecule has 7 nitrogen and oxygen atoms in total. The van der Waals surface area contributed by atoms with Crippen LogP contribution in [0.3, 0.4) is 0 Å². The number of carbonyl (C=O) groups excluding carboxylic acids is 2. The molecule has 0 aliphatic heterocycles. The van der Waals surface area contributed by atoms with E-state index in [4.69, 9.17) is 9.47 Å². The summed E-state index contributed by atoms with van der Waals surface area (Å²) in [6.07, 6.45) is 1.34. The Kier molecular flexibility index (Phi) is 6.91. The molecule has 1 heterocycles. The molecule has 8 heteroatoms. The molecule has 0 aliphatic carbocycles. The Labute approximate surface area is 200 Å². The number of pyridine rings is 1. The average Bonchev–Trinajstić information content (AvgIpc) is 2.86. The molecule has 0 aliphatic rings. The first-order chi connectivity index (χ1) is 16.9. The maximum absolute atomic E-state index is 14.0. The number of carbonyl (C=O) groups is 2. The number of nitrogens with zero attached hydrogens (tertiary/aromatic N) is 1. The minimum atomic E-state index is -0.618. The highest BCUT2D eigenvalue weighted by Crippen LogP contribution is 2.20. The van der Waals surface area contributed by atoms with Gasteiger partial charge in [0.1, 0.15) is 23.9 Å². The van der Waals surface area contributed by atoms with Gasteiger partial charge in [0.15, 0.2) is 5.78 Å². The number of fused-ring (bicyclic) bond motifs is 1. The van der Waals surface area contributed by atoms with Gasteiger partial charge in [0.2, 0.25) is 11.3 Å². The van der Waals surface area contributed by atoms with Gasteiger partial charge in [-0.3, -0.25) is 14.4 Å². The summed E-state index contributed by atoms with van der Waals surface area (Å²) >= 11 is 0. The van der Waals surface area contributed by atoms with E-state index in [1.807, 2.05) is 6.92 Å². The minimum Gasteiger partial charge on any atom is -0.497 e. The number of halogens is 1. The largest absolute Gasteiger partial charge is 0.497 e. The number of amides is 1. The molecule has 178 valence electrons. The van der Waals surface area contributed by atoms with Gasteiger partial charge < -0.3 is 19.4 Å². The molecular formula is C27H23FN2O5. The van der Waals surface area contributed by atoms with Crippen LogP contribution in [0.1, 0.15) is 22.8 Å². The number of aromatic nitrogens is 1. The lowest BCUT2D eigenvalue weighted by Gasteiger charge is -2.14. The molecule has 4 aromatic rings. The van der Waals surface area contributed by atoms with E-state index in [-0.39, 0.29) is 23.1 Å². The van der Waals surface area contributed by atoms with Crippen molar-refractivity contribution in [3.63, 3.8) is 0 Å². The van der Waals surface area contributed by atoms with Crippen LogP contribution in [0.15, 0.2) is 77.7 Å². The van der Waals surface area contributed by atoms with Crippen LogP contribution < -0.4 is 20.2 Å². The molecule has 4 rings (SSSR count). The van der Waals surface area contributed by atoms with Crippen molar-refractivity contribution >= 4 is 28.3 Å². The second-order valence-corrected chi connectivity index (χ2v) is 7.73. The van der Waals surface area contributed by atoms with Crippen LogP contribution in [0.25, 0.3) is 10.9 Å². The fourth-order valence-electron chi connectivity index (χ4n) is 3.74. The SMILES string of the molecule is CCOc1ccc(C(=O)c2cn(CC(=O)Nc3cccc(OC)c3)c3ccc(F)cc3c2=O)cc1. The molecule has 0 atom stereocenters. The summed E-state index contributed by atoms with van der Waals surface area (Å²) in [5.74, 6) is -0.377. The molecule has 1 N–H and O–H groups in total. The van der Waals surface area contributed by atoms with E-state index >= 15 is 0 Å². The number of methoxy groups -OCH3 is 1. The van der Waals surface area contributed by atoms with Gasteiger partial charge in [-0.15, -0.1) is 0 Å². The first kappa shape index (κ1) is 23.7. The van der Waals surface area contributed by atoms with Crippen LogP contribution in [0.4, 0.5) is 10.1 Å². The van der Waals surface area contributed by atoms with Crippen molar-refractivity contribution in [1.29, 1.82) is 0 Å². The molecule has 0 radical (unpaired) electrons. The zero-order valence-corrected chi connectivity index (χ0v) is 19.2. The van der Waals surface area contributed by atoms with Gasteiger partial charge >= 0.3 is 0 Å². The summed E-state index contributed by atoms with van der Waals surface area (Å²) in [4.78, 5) is 39.1. The van der Waals surface area contributed by atoms with Gasteiger partial charge in [0.25, 0.3) is 0 Å². The van der Waals surface area contributed by atoms with Crippen LogP contribution in [0.2, 0.25) is 0 Å². The summed E-state index contributed by atoms with van der Waals surface area (Å²) in [6.45, 7) is 2.12. The predicted molar refractivity (Wildman–Crippen MR) is 131 cm³/mol. The molecule has 0 bridgehead atoms. The van der Waals surface area contributed by atoms with E-state index in [1.165, 1.54) is 30.0 Å². The Balaban J connectivity index is 1.71. The Morgan fingerprint density at radius 3 is 2.49 bits per heavy atom. The maximum atomic E-state index is 14.0. The van der Waals surface area contributed by atoms with Crippen molar-refractivity contribution in [1.82, 2.24) is 4.57 Å². The number of rotatable bonds is 8. The highest BCUT2D eigenvalue weighted by molar-refractivity contribution is 6.10. The summed E-state index contributed by atoms with van der Waals surface area (Å²) in [7, 11) is 1.52. The predicted octanol–water partition coefficient (Wildman–Crippen LogP) is 4.42. The monoisotopic (exact) mass is 474 g/mol. The third kappa shape index (κ3) is 5.22. The first-order valence-electron chi connectivity index (χ1n) is 10.9. The molecule has 0 saturated heterocycles. The zero-order valence-electron chi connectivity index (χ0n) is 19.2. The smallest absolute Gasteiger partial charge is 0.244 e. The first-order valence-corrected chi connectivity index (χ1v) is 10.9. The molecule has 0 saturated carbocycles. The van der Waals surface area contributed by atoms with Crippen molar-refractivity contribution in [2.24, 2.45) is 0 Å². The van der Waals surface area contributed by atoms with Crippen molar-refractivity contribution in [2.45, 2.75) is 13.5 Å². The van der Waals surface area contributed by atoms with Gasteiger partial charge in [-0.25, -0.2) is 4.39 Å². The van der Waals surface area contributed by atoms with Crippen LogP contribution in [-0.2, 0) is 11.3 Å². The number of hydrogen-bond acceptors (Lipinski definition) is 5. The quantitative estimate of drug-likeness (QED) is 0.382. The summed E-state index contributed by atoms with van der Waals surface area (Å²) in [5, 5.41) is 2.77. The number of benzene rings is 3. The average molecular weight is 474 g/mol. The van der Waals surface area contributed by atoms with Crippen LogP contribution >= 0.6 is 0 Å². The Hall–Kier alpha value is -4.46. The number of ether oxygens (including phenoxy) is 2. The third-order valence-electron chi connectivity index (χ3n) is 5.38.